The lowest BCUT2D eigenvalue weighted by Crippen LogP contribution is -2.55. The smallest absolute Gasteiger partial charge is 0.326 e. The highest BCUT2D eigenvalue weighted by Gasteiger charge is 2.67. The number of fused-ring (bicyclic) bond motifs is 1. The Morgan fingerprint density at radius 1 is 1.19 bits per heavy atom. The minimum atomic E-state index is -1.19. The number of rotatable bonds is 5. The number of likely N-dealkylation sites (tertiary alicyclic amines) is 1. The number of ether oxygens (including phenoxy) is 1. The molecule has 2 fully saturated rings. The molecule has 2 aliphatic rings. The monoisotopic (exact) mass is 373 g/mol. The predicted molar refractivity (Wildman–Crippen MR) is 101 cm³/mol. The number of hydrogen-bond acceptors (Lipinski definition) is 6. The quantitative estimate of drug-likeness (QED) is 0.620. The number of benzene rings is 1. The number of amides is 2. The maximum absolute atomic E-state index is 13.0. The van der Waals surface area contributed by atoms with Crippen LogP contribution < -0.4 is 10.2 Å². The van der Waals surface area contributed by atoms with Crippen molar-refractivity contribution in [2.24, 2.45) is 11.8 Å². The largest absolute Gasteiger partial charge is 0.468 e. The molecule has 2 aliphatic heterocycles. The number of anilines is 1. The number of nitrogens with zero attached hydrogens (tertiary/aromatic N) is 2. The van der Waals surface area contributed by atoms with Crippen LogP contribution in [-0.4, -0.2) is 56.0 Å². The highest BCUT2D eigenvalue weighted by Crippen LogP contribution is 2.50. The Kier molecular flexibility index (Phi) is 4.99. The lowest BCUT2D eigenvalue weighted by atomic mass is 9.78. The van der Waals surface area contributed by atoms with Crippen molar-refractivity contribution >= 4 is 23.5 Å². The van der Waals surface area contributed by atoms with Crippen LogP contribution in [0.2, 0.25) is 0 Å². The lowest BCUT2D eigenvalue weighted by molar-refractivity contribution is -0.154. The summed E-state index contributed by atoms with van der Waals surface area (Å²) in [6.07, 6.45) is 0.365. The SMILES string of the molecule is CCN1C(=O)[C@H]2[C@@H](C1=O)[C@@](CC)(C(=O)OC)N[C@H]2c1ccc(N(C)C)cc1. The molecule has 0 bridgehead atoms. The zero-order chi connectivity index (χ0) is 19.9. The lowest BCUT2D eigenvalue weighted by Gasteiger charge is -2.31. The molecule has 0 unspecified atom stereocenters. The van der Waals surface area contributed by atoms with E-state index in [1.54, 1.807) is 6.92 Å². The number of esters is 1. The Morgan fingerprint density at radius 3 is 2.30 bits per heavy atom. The van der Waals surface area contributed by atoms with Crippen molar-refractivity contribution in [2.45, 2.75) is 31.8 Å². The Morgan fingerprint density at radius 2 is 1.81 bits per heavy atom. The molecule has 1 N–H and O–H groups in total. The van der Waals surface area contributed by atoms with Crippen molar-refractivity contribution in [3.63, 3.8) is 0 Å². The van der Waals surface area contributed by atoms with E-state index in [1.165, 1.54) is 12.0 Å². The van der Waals surface area contributed by atoms with Gasteiger partial charge in [-0.05, 0) is 31.0 Å². The third-order valence-electron chi connectivity index (χ3n) is 5.94. The Labute approximate surface area is 159 Å². The summed E-state index contributed by atoms with van der Waals surface area (Å²) in [4.78, 5) is 42.0. The van der Waals surface area contributed by atoms with Gasteiger partial charge in [-0.2, -0.15) is 0 Å². The first-order chi connectivity index (χ1) is 12.8. The van der Waals surface area contributed by atoms with Crippen LogP contribution in [0.25, 0.3) is 0 Å². The minimum absolute atomic E-state index is 0.221. The number of carbonyl (C=O) groups excluding carboxylic acids is 3. The van der Waals surface area contributed by atoms with Gasteiger partial charge in [0.1, 0.15) is 5.54 Å². The summed E-state index contributed by atoms with van der Waals surface area (Å²) in [5.74, 6) is -2.37. The molecule has 0 aliphatic carbocycles. The van der Waals surface area contributed by atoms with Crippen LogP contribution in [0, 0.1) is 11.8 Å². The van der Waals surface area contributed by atoms with Crippen LogP contribution in [0.1, 0.15) is 31.9 Å². The fourth-order valence-electron chi connectivity index (χ4n) is 4.48. The first-order valence-electron chi connectivity index (χ1n) is 9.31. The summed E-state index contributed by atoms with van der Waals surface area (Å²) in [5.41, 5.74) is 0.724. The Bertz CT molecular complexity index is 761. The average molecular weight is 373 g/mol. The summed E-state index contributed by atoms with van der Waals surface area (Å²) >= 11 is 0. The normalized spacial score (nSPS) is 29.8. The van der Waals surface area contributed by atoms with E-state index in [2.05, 4.69) is 5.32 Å². The van der Waals surface area contributed by atoms with Crippen LogP contribution in [0.4, 0.5) is 5.69 Å². The van der Waals surface area contributed by atoms with Crippen LogP contribution >= 0.6 is 0 Å². The second-order valence-corrected chi connectivity index (χ2v) is 7.35. The molecule has 146 valence electrons. The van der Waals surface area contributed by atoms with Crippen molar-refractivity contribution < 1.29 is 19.1 Å². The maximum Gasteiger partial charge on any atom is 0.326 e. The van der Waals surface area contributed by atoms with E-state index >= 15 is 0 Å². The molecule has 2 amide bonds. The molecule has 1 aromatic rings. The van der Waals surface area contributed by atoms with E-state index in [9.17, 15) is 14.4 Å². The van der Waals surface area contributed by atoms with Gasteiger partial charge in [0.15, 0.2) is 0 Å². The van der Waals surface area contributed by atoms with Gasteiger partial charge in [0.25, 0.3) is 0 Å². The zero-order valence-corrected chi connectivity index (χ0v) is 16.5. The van der Waals surface area contributed by atoms with Crippen LogP contribution in [0.3, 0.4) is 0 Å². The van der Waals surface area contributed by atoms with E-state index < -0.39 is 29.4 Å². The molecule has 3 rings (SSSR count). The molecule has 4 atom stereocenters. The number of nitrogens with one attached hydrogen (secondary N) is 1. The van der Waals surface area contributed by atoms with Crippen molar-refractivity contribution in [3.05, 3.63) is 29.8 Å². The number of carbonyl (C=O) groups is 3. The van der Waals surface area contributed by atoms with Gasteiger partial charge >= 0.3 is 5.97 Å². The second kappa shape index (κ2) is 6.96. The number of hydrogen-bond donors (Lipinski definition) is 1. The van der Waals surface area contributed by atoms with Crippen LogP contribution in [0.15, 0.2) is 24.3 Å². The third-order valence-corrected chi connectivity index (χ3v) is 5.94. The summed E-state index contributed by atoms with van der Waals surface area (Å²) in [6.45, 7) is 3.92. The van der Waals surface area contributed by atoms with Gasteiger partial charge in [-0.15, -0.1) is 0 Å². The third kappa shape index (κ3) is 2.72. The Hall–Kier alpha value is -2.41. The van der Waals surface area contributed by atoms with Gasteiger partial charge in [0.05, 0.1) is 18.9 Å². The molecular weight excluding hydrogens is 346 g/mol. The molecule has 27 heavy (non-hydrogen) atoms. The first kappa shape index (κ1) is 19.4. The molecule has 0 spiro atoms. The molecule has 7 nitrogen and oxygen atoms in total. The van der Waals surface area contributed by atoms with Gasteiger partial charge in [-0.3, -0.25) is 24.6 Å². The highest BCUT2D eigenvalue weighted by molar-refractivity contribution is 6.09. The molecule has 2 saturated heterocycles. The van der Waals surface area contributed by atoms with Crippen LogP contribution in [-0.2, 0) is 19.1 Å². The van der Waals surface area contributed by atoms with Crippen LogP contribution in [0.5, 0.6) is 0 Å². The van der Waals surface area contributed by atoms with E-state index in [0.717, 1.165) is 11.3 Å². The van der Waals surface area contributed by atoms with E-state index in [0.29, 0.717) is 13.0 Å². The predicted octanol–water partition coefficient (Wildman–Crippen LogP) is 1.34. The summed E-state index contributed by atoms with van der Waals surface area (Å²) < 4.78 is 5.03. The highest BCUT2D eigenvalue weighted by atomic mass is 16.5. The summed E-state index contributed by atoms with van der Waals surface area (Å²) in [6, 6.07) is 7.40. The summed E-state index contributed by atoms with van der Waals surface area (Å²) in [5, 5.41) is 3.32. The van der Waals surface area contributed by atoms with E-state index in [1.807, 2.05) is 50.2 Å². The zero-order valence-electron chi connectivity index (χ0n) is 16.5. The first-order valence-corrected chi connectivity index (χ1v) is 9.31. The fourth-order valence-corrected chi connectivity index (χ4v) is 4.48. The number of imide groups is 1. The topological polar surface area (TPSA) is 79.0 Å². The minimum Gasteiger partial charge on any atom is -0.468 e. The molecule has 2 heterocycles. The molecule has 1 aromatic carbocycles. The molecular formula is C20H27N3O4. The maximum atomic E-state index is 13.0. The van der Waals surface area contributed by atoms with Gasteiger partial charge in [-0.25, -0.2) is 0 Å². The van der Waals surface area contributed by atoms with E-state index in [4.69, 9.17) is 4.74 Å². The second-order valence-electron chi connectivity index (χ2n) is 7.35. The molecule has 7 heteroatoms. The molecule has 0 aromatic heterocycles. The number of methoxy groups -OCH3 is 1. The van der Waals surface area contributed by atoms with Gasteiger partial charge in [-0.1, -0.05) is 19.1 Å². The van der Waals surface area contributed by atoms with Gasteiger partial charge in [0, 0.05) is 32.4 Å². The standard InChI is InChI=1S/C20H27N3O4/c1-6-20(19(26)27-5)15-14(17(24)23(7-2)18(15)25)16(21-20)12-8-10-13(11-9-12)22(3)4/h8-11,14-16,21H,6-7H2,1-5H3/t14-,15-,16-,20-/m0/s1. The van der Waals surface area contributed by atoms with Crippen molar-refractivity contribution in [1.29, 1.82) is 0 Å². The van der Waals surface area contributed by atoms with Crippen molar-refractivity contribution in [1.82, 2.24) is 10.2 Å². The summed E-state index contributed by atoms with van der Waals surface area (Å²) in [7, 11) is 5.22. The van der Waals surface area contributed by atoms with Crippen molar-refractivity contribution in [2.75, 3.05) is 32.6 Å². The molecule has 0 radical (unpaired) electrons. The van der Waals surface area contributed by atoms with Crippen molar-refractivity contribution in [3.8, 4) is 0 Å². The van der Waals surface area contributed by atoms with E-state index in [-0.39, 0.29) is 11.8 Å². The molecule has 0 saturated carbocycles. The Balaban J connectivity index is 2.09. The van der Waals surface area contributed by atoms with Gasteiger partial charge in [0.2, 0.25) is 11.8 Å². The fraction of sp³-hybridized carbons (Fsp3) is 0.550. The van der Waals surface area contributed by atoms with Gasteiger partial charge < -0.3 is 9.64 Å². The average Bonchev–Trinajstić information content (AvgIpc) is 3.15.